The molecule has 3 unspecified atom stereocenters. The van der Waals surface area contributed by atoms with E-state index in [0.717, 1.165) is 29.8 Å². The minimum Gasteiger partial charge on any atom is -0.309 e. The Labute approximate surface area is 130 Å². The van der Waals surface area contributed by atoms with Crippen LogP contribution in [0.3, 0.4) is 0 Å². The van der Waals surface area contributed by atoms with Gasteiger partial charge in [-0.2, -0.15) is 23.5 Å². The summed E-state index contributed by atoms with van der Waals surface area (Å²) in [5.74, 6) is 2.30. The van der Waals surface area contributed by atoms with Gasteiger partial charge >= 0.3 is 0 Å². The van der Waals surface area contributed by atoms with Gasteiger partial charge in [-0.05, 0) is 26.0 Å². The van der Waals surface area contributed by atoms with Gasteiger partial charge in [0.05, 0.1) is 0 Å². The second-order valence-corrected chi connectivity index (χ2v) is 8.14. The van der Waals surface area contributed by atoms with E-state index in [-0.39, 0.29) is 11.9 Å². The molecule has 1 aliphatic rings. The average molecular weight is 314 g/mol. The van der Waals surface area contributed by atoms with Crippen LogP contribution in [0.25, 0.3) is 0 Å². The van der Waals surface area contributed by atoms with Crippen LogP contribution >= 0.6 is 23.5 Å². The lowest BCUT2D eigenvalue weighted by Crippen LogP contribution is -2.38. The second-order valence-electron chi connectivity index (χ2n) is 5.37. The number of rotatable bonds is 5. The van der Waals surface area contributed by atoms with Gasteiger partial charge in [-0.3, -0.25) is 0 Å². The van der Waals surface area contributed by atoms with Crippen LogP contribution in [0.15, 0.2) is 18.2 Å². The summed E-state index contributed by atoms with van der Waals surface area (Å²) in [6, 6.07) is 5.58. The Hall–Kier alpha value is -0.190. The van der Waals surface area contributed by atoms with Gasteiger partial charge in [0.15, 0.2) is 0 Å². The first-order valence-corrected chi connectivity index (χ1v) is 9.46. The predicted molar refractivity (Wildman–Crippen MR) is 90.3 cm³/mol. The Kier molecular flexibility index (Phi) is 6.24. The van der Waals surface area contributed by atoms with Crippen LogP contribution in [0.1, 0.15) is 37.4 Å². The molecular weight excluding hydrogens is 289 g/mol. The van der Waals surface area contributed by atoms with Crippen molar-refractivity contribution in [1.29, 1.82) is 0 Å². The standard InChI is InChI=1S/C16H24FNS2/c1-4-7-18-15(16-12(3)19-8-9-20-16)13-10-11(2)5-6-14(13)17/h5-6,10,12,15-16,18H,4,7-9H2,1-3H3. The minimum atomic E-state index is -0.0763. The first-order chi connectivity index (χ1) is 9.63. The molecule has 0 bridgehead atoms. The summed E-state index contributed by atoms with van der Waals surface area (Å²) >= 11 is 4.00. The first kappa shape index (κ1) is 16.2. The van der Waals surface area contributed by atoms with Crippen molar-refractivity contribution in [1.82, 2.24) is 5.32 Å². The largest absolute Gasteiger partial charge is 0.309 e. The fourth-order valence-corrected chi connectivity index (χ4v) is 5.56. The molecule has 1 aromatic carbocycles. The van der Waals surface area contributed by atoms with Gasteiger partial charge in [-0.1, -0.05) is 31.5 Å². The average Bonchev–Trinajstić information content (AvgIpc) is 2.44. The summed E-state index contributed by atoms with van der Waals surface area (Å²) in [6.07, 6.45) is 1.07. The maximum absolute atomic E-state index is 14.3. The van der Waals surface area contributed by atoms with Gasteiger partial charge in [0.25, 0.3) is 0 Å². The third-order valence-corrected chi connectivity index (χ3v) is 6.86. The van der Waals surface area contributed by atoms with E-state index in [4.69, 9.17) is 0 Å². The van der Waals surface area contributed by atoms with Crippen molar-refractivity contribution in [2.45, 2.75) is 43.7 Å². The van der Waals surface area contributed by atoms with Crippen LogP contribution in [0, 0.1) is 12.7 Å². The molecule has 0 aromatic heterocycles. The highest BCUT2D eigenvalue weighted by Crippen LogP contribution is 2.39. The summed E-state index contributed by atoms with van der Waals surface area (Å²) in [4.78, 5) is 0. The van der Waals surface area contributed by atoms with Crippen molar-refractivity contribution in [3.05, 3.63) is 35.1 Å². The maximum atomic E-state index is 14.3. The third-order valence-electron chi connectivity index (χ3n) is 3.67. The molecule has 1 saturated heterocycles. The van der Waals surface area contributed by atoms with Crippen LogP contribution in [-0.4, -0.2) is 28.6 Å². The zero-order chi connectivity index (χ0) is 14.5. The number of aryl methyl sites for hydroxylation is 1. The molecule has 20 heavy (non-hydrogen) atoms. The molecule has 1 N–H and O–H groups in total. The molecule has 1 aromatic rings. The minimum absolute atomic E-state index is 0.0763. The van der Waals surface area contributed by atoms with E-state index in [2.05, 4.69) is 19.2 Å². The molecule has 1 fully saturated rings. The van der Waals surface area contributed by atoms with E-state index in [0.29, 0.717) is 10.5 Å². The molecule has 0 aliphatic carbocycles. The summed E-state index contributed by atoms with van der Waals surface area (Å²) in [5, 5.41) is 4.58. The van der Waals surface area contributed by atoms with Gasteiger partial charge in [0, 0.05) is 33.6 Å². The first-order valence-electron chi connectivity index (χ1n) is 7.36. The van der Waals surface area contributed by atoms with Crippen molar-refractivity contribution in [3.63, 3.8) is 0 Å². The highest BCUT2D eigenvalue weighted by molar-refractivity contribution is 8.07. The number of benzene rings is 1. The molecule has 1 aliphatic heterocycles. The molecule has 0 amide bonds. The molecule has 2 rings (SSSR count). The predicted octanol–water partition coefficient (Wildman–Crippen LogP) is 4.41. The summed E-state index contributed by atoms with van der Waals surface area (Å²) in [5.41, 5.74) is 1.97. The molecule has 112 valence electrons. The lowest BCUT2D eigenvalue weighted by atomic mass is 9.99. The molecule has 1 heterocycles. The van der Waals surface area contributed by atoms with Crippen LogP contribution in [0.2, 0.25) is 0 Å². The zero-order valence-electron chi connectivity index (χ0n) is 12.5. The molecule has 4 heteroatoms. The number of halogens is 1. The van der Waals surface area contributed by atoms with Gasteiger partial charge in [-0.15, -0.1) is 0 Å². The Bertz CT molecular complexity index is 438. The van der Waals surface area contributed by atoms with Gasteiger partial charge in [-0.25, -0.2) is 4.39 Å². The normalized spacial score (nSPS) is 24.6. The Morgan fingerprint density at radius 1 is 1.35 bits per heavy atom. The molecule has 0 spiro atoms. The quantitative estimate of drug-likeness (QED) is 0.864. The summed E-state index contributed by atoms with van der Waals surface area (Å²) in [7, 11) is 0. The van der Waals surface area contributed by atoms with E-state index in [9.17, 15) is 4.39 Å². The van der Waals surface area contributed by atoms with E-state index in [1.165, 1.54) is 5.75 Å². The molecular formula is C16H24FNS2. The van der Waals surface area contributed by atoms with Crippen molar-refractivity contribution in [2.24, 2.45) is 0 Å². The topological polar surface area (TPSA) is 12.0 Å². The monoisotopic (exact) mass is 313 g/mol. The van der Waals surface area contributed by atoms with Gasteiger partial charge in [0.2, 0.25) is 0 Å². The van der Waals surface area contributed by atoms with Gasteiger partial charge < -0.3 is 5.32 Å². The highest BCUT2D eigenvalue weighted by Gasteiger charge is 2.32. The van der Waals surface area contributed by atoms with Crippen LogP contribution in [0.4, 0.5) is 4.39 Å². The molecule has 0 saturated carbocycles. The van der Waals surface area contributed by atoms with E-state index < -0.39 is 0 Å². The SMILES string of the molecule is CCCNC(c1cc(C)ccc1F)C1SCCSC1C. The van der Waals surface area contributed by atoms with Crippen molar-refractivity contribution in [3.8, 4) is 0 Å². The Morgan fingerprint density at radius 2 is 2.10 bits per heavy atom. The maximum Gasteiger partial charge on any atom is 0.128 e. The molecule has 0 radical (unpaired) electrons. The smallest absolute Gasteiger partial charge is 0.128 e. The Balaban J connectivity index is 2.28. The molecule has 1 nitrogen and oxygen atoms in total. The lowest BCUT2D eigenvalue weighted by Gasteiger charge is -2.35. The number of thioether (sulfide) groups is 2. The van der Waals surface area contributed by atoms with E-state index in [1.54, 1.807) is 6.07 Å². The fraction of sp³-hybridized carbons (Fsp3) is 0.625. The van der Waals surface area contributed by atoms with Crippen LogP contribution < -0.4 is 5.32 Å². The van der Waals surface area contributed by atoms with E-state index >= 15 is 0 Å². The van der Waals surface area contributed by atoms with Crippen molar-refractivity contribution < 1.29 is 4.39 Å². The summed E-state index contributed by atoms with van der Waals surface area (Å²) in [6.45, 7) is 7.40. The van der Waals surface area contributed by atoms with Crippen molar-refractivity contribution in [2.75, 3.05) is 18.1 Å². The van der Waals surface area contributed by atoms with Crippen molar-refractivity contribution >= 4 is 23.5 Å². The van der Waals surface area contributed by atoms with Gasteiger partial charge in [0.1, 0.15) is 5.82 Å². The zero-order valence-corrected chi connectivity index (χ0v) is 14.1. The third kappa shape index (κ3) is 3.92. The molecule has 3 atom stereocenters. The number of nitrogens with one attached hydrogen (secondary N) is 1. The fourth-order valence-electron chi connectivity index (χ4n) is 2.62. The Morgan fingerprint density at radius 3 is 2.80 bits per heavy atom. The second kappa shape index (κ2) is 7.71. The van der Waals surface area contributed by atoms with Crippen LogP contribution in [-0.2, 0) is 0 Å². The number of hydrogen-bond donors (Lipinski definition) is 1. The van der Waals surface area contributed by atoms with E-state index in [1.807, 2.05) is 42.6 Å². The lowest BCUT2D eigenvalue weighted by molar-refractivity contribution is 0.481. The number of hydrogen-bond acceptors (Lipinski definition) is 3. The van der Waals surface area contributed by atoms with Crippen LogP contribution in [0.5, 0.6) is 0 Å². The highest BCUT2D eigenvalue weighted by atomic mass is 32.2. The summed E-state index contributed by atoms with van der Waals surface area (Å²) < 4.78 is 14.3.